The second kappa shape index (κ2) is 6.87. The van der Waals surface area contributed by atoms with Crippen molar-refractivity contribution >= 4 is 34.8 Å². The number of ketones is 1. The van der Waals surface area contributed by atoms with Gasteiger partial charge in [0.05, 0.1) is 16.3 Å². The lowest BCUT2D eigenvalue weighted by Gasteiger charge is -2.17. The highest BCUT2D eigenvalue weighted by atomic mass is 32.1. The molecule has 0 saturated heterocycles. The molecule has 0 fully saturated rings. The first-order chi connectivity index (χ1) is 12.6. The summed E-state index contributed by atoms with van der Waals surface area (Å²) in [5.41, 5.74) is 3.05. The van der Waals surface area contributed by atoms with Gasteiger partial charge in [-0.15, -0.1) is 0 Å². The number of Topliss-reactive ketones (excluding diaryl/α,β-unsaturated/α-hetero) is 1. The Kier molecular flexibility index (Phi) is 4.42. The Hall–Kier alpha value is -2.74. The molecule has 2 aromatic heterocycles. The Morgan fingerprint density at radius 2 is 2.23 bits per heavy atom. The summed E-state index contributed by atoms with van der Waals surface area (Å²) in [6.07, 6.45) is 7.12. The quantitative estimate of drug-likeness (QED) is 0.820. The van der Waals surface area contributed by atoms with Crippen molar-refractivity contribution in [3.63, 3.8) is 0 Å². The maximum atomic E-state index is 12.8. The van der Waals surface area contributed by atoms with Crippen LogP contribution in [0.25, 0.3) is 0 Å². The molecule has 8 heteroatoms. The molecule has 1 atom stereocenters. The lowest BCUT2D eigenvalue weighted by Crippen LogP contribution is -2.23. The number of amides is 1. The molecule has 7 nitrogen and oxygen atoms in total. The Morgan fingerprint density at radius 1 is 1.35 bits per heavy atom. The molecular formula is C18H17N5O2S. The van der Waals surface area contributed by atoms with Gasteiger partial charge in [-0.3, -0.25) is 14.6 Å². The normalized spacial score (nSPS) is 16.8. The van der Waals surface area contributed by atoms with E-state index in [1.54, 1.807) is 6.20 Å². The first kappa shape index (κ1) is 16.7. The van der Waals surface area contributed by atoms with Crippen LogP contribution in [0.4, 0.5) is 5.82 Å². The summed E-state index contributed by atoms with van der Waals surface area (Å²) < 4.78 is 4.50. The number of aromatic nitrogens is 3. The summed E-state index contributed by atoms with van der Waals surface area (Å²) in [7, 11) is 0. The zero-order valence-electron chi connectivity index (χ0n) is 14.2. The van der Waals surface area contributed by atoms with Crippen LogP contribution in [0.2, 0.25) is 0 Å². The zero-order chi connectivity index (χ0) is 18.1. The zero-order valence-corrected chi connectivity index (χ0v) is 15.0. The van der Waals surface area contributed by atoms with Crippen molar-refractivity contribution in [2.75, 3.05) is 5.32 Å². The summed E-state index contributed by atoms with van der Waals surface area (Å²) in [4.78, 5) is 37.9. The molecule has 1 N–H and O–H groups in total. The molecule has 4 heterocycles. The predicted molar refractivity (Wildman–Crippen MR) is 98.8 cm³/mol. The van der Waals surface area contributed by atoms with Crippen molar-refractivity contribution in [2.45, 2.75) is 38.5 Å². The van der Waals surface area contributed by atoms with Gasteiger partial charge in [0, 0.05) is 36.9 Å². The van der Waals surface area contributed by atoms with E-state index in [0.29, 0.717) is 30.8 Å². The minimum atomic E-state index is -0.0812. The number of rotatable bonds is 5. The van der Waals surface area contributed by atoms with Gasteiger partial charge >= 0.3 is 0 Å². The molecule has 4 rings (SSSR count). The predicted octanol–water partition coefficient (Wildman–Crippen LogP) is 2.90. The standard InChI is InChI=1S/C18H17N5O2S/c1-10(13-8-15(26-23-13)12-3-2-6-19-12)7-14(24)17-11-4-5-16(25)22-18(11)21-9-20-17/h2,6,8-10H,3-5,7H2,1H3,(H,20,21,22,25)/t10-/m0/s1. The fourth-order valence-electron chi connectivity index (χ4n) is 3.09. The van der Waals surface area contributed by atoms with Crippen LogP contribution in [0.1, 0.15) is 58.7 Å². The van der Waals surface area contributed by atoms with Crippen molar-refractivity contribution in [3.8, 4) is 0 Å². The van der Waals surface area contributed by atoms with Crippen molar-refractivity contribution in [2.24, 2.45) is 4.99 Å². The Balaban J connectivity index is 1.50. The number of nitrogens with zero attached hydrogens (tertiary/aromatic N) is 4. The molecule has 2 aliphatic rings. The van der Waals surface area contributed by atoms with Crippen LogP contribution in [0.3, 0.4) is 0 Å². The SMILES string of the molecule is C[C@@H](CC(=O)c1ncnc2c1CCC(=O)N2)c1cc(C2=NC=CC2)sn1. The Morgan fingerprint density at radius 3 is 3.04 bits per heavy atom. The molecular weight excluding hydrogens is 350 g/mol. The molecule has 0 bridgehead atoms. The number of hydrogen-bond acceptors (Lipinski definition) is 7. The molecule has 0 aliphatic carbocycles. The molecule has 0 saturated carbocycles. The van der Waals surface area contributed by atoms with E-state index in [-0.39, 0.29) is 17.6 Å². The number of allylic oxidation sites excluding steroid dienone is 1. The summed E-state index contributed by atoms with van der Waals surface area (Å²) in [6, 6.07) is 2.02. The average Bonchev–Trinajstić information content (AvgIpc) is 3.32. The topological polar surface area (TPSA) is 97.2 Å². The third kappa shape index (κ3) is 3.20. The molecule has 2 aliphatic heterocycles. The molecule has 26 heavy (non-hydrogen) atoms. The third-order valence-corrected chi connectivity index (χ3v) is 5.38. The van der Waals surface area contributed by atoms with Crippen LogP contribution in [0.15, 0.2) is 29.7 Å². The smallest absolute Gasteiger partial charge is 0.225 e. The van der Waals surface area contributed by atoms with E-state index in [2.05, 4.69) is 24.7 Å². The van der Waals surface area contributed by atoms with Crippen LogP contribution in [0, 0.1) is 0 Å². The maximum absolute atomic E-state index is 12.8. The van der Waals surface area contributed by atoms with Gasteiger partial charge in [0.2, 0.25) is 5.91 Å². The van der Waals surface area contributed by atoms with E-state index in [4.69, 9.17) is 0 Å². The van der Waals surface area contributed by atoms with Crippen molar-refractivity contribution in [3.05, 3.63) is 46.5 Å². The first-order valence-corrected chi connectivity index (χ1v) is 9.24. The largest absolute Gasteiger partial charge is 0.310 e. The number of nitrogens with one attached hydrogen (secondary N) is 1. The van der Waals surface area contributed by atoms with E-state index in [1.165, 1.54) is 17.9 Å². The second-order valence-corrected chi connectivity index (χ2v) is 7.21. The summed E-state index contributed by atoms with van der Waals surface area (Å²) in [6.45, 7) is 1.99. The van der Waals surface area contributed by atoms with Crippen LogP contribution < -0.4 is 5.32 Å². The highest BCUT2D eigenvalue weighted by Gasteiger charge is 2.25. The van der Waals surface area contributed by atoms with E-state index >= 15 is 0 Å². The third-order valence-electron chi connectivity index (χ3n) is 4.53. The van der Waals surface area contributed by atoms with Gasteiger partial charge in [0.15, 0.2) is 5.78 Å². The monoisotopic (exact) mass is 367 g/mol. The van der Waals surface area contributed by atoms with Gasteiger partial charge < -0.3 is 5.32 Å². The summed E-state index contributed by atoms with van der Waals surface area (Å²) >= 11 is 1.42. The fraction of sp³-hybridized carbons (Fsp3) is 0.333. The van der Waals surface area contributed by atoms with Crippen LogP contribution in [0.5, 0.6) is 0 Å². The van der Waals surface area contributed by atoms with Crippen molar-refractivity contribution < 1.29 is 9.59 Å². The average molecular weight is 367 g/mol. The number of carbonyl (C=O) groups excluding carboxylic acids is 2. The van der Waals surface area contributed by atoms with E-state index < -0.39 is 0 Å². The van der Waals surface area contributed by atoms with Gasteiger partial charge in [-0.1, -0.05) is 13.0 Å². The molecule has 1 amide bonds. The first-order valence-electron chi connectivity index (χ1n) is 8.47. The number of hydrogen-bond donors (Lipinski definition) is 1. The van der Waals surface area contributed by atoms with E-state index in [9.17, 15) is 9.59 Å². The number of fused-ring (bicyclic) bond motifs is 1. The lowest BCUT2D eigenvalue weighted by molar-refractivity contribution is -0.116. The van der Waals surface area contributed by atoms with Gasteiger partial charge in [0.1, 0.15) is 17.8 Å². The maximum Gasteiger partial charge on any atom is 0.225 e. The number of carbonyl (C=O) groups is 2. The fourth-order valence-corrected chi connectivity index (χ4v) is 3.94. The van der Waals surface area contributed by atoms with E-state index in [1.807, 2.05) is 19.1 Å². The Labute approximate surface area is 154 Å². The van der Waals surface area contributed by atoms with Gasteiger partial charge in [0.25, 0.3) is 0 Å². The van der Waals surface area contributed by atoms with Crippen LogP contribution >= 0.6 is 11.5 Å². The van der Waals surface area contributed by atoms with Gasteiger partial charge in [-0.2, -0.15) is 4.37 Å². The molecule has 0 radical (unpaired) electrons. The molecule has 0 unspecified atom stereocenters. The summed E-state index contributed by atoms with van der Waals surface area (Å²) in [5.74, 6) is 0.296. The summed E-state index contributed by atoms with van der Waals surface area (Å²) in [5, 5.41) is 2.70. The lowest BCUT2D eigenvalue weighted by atomic mass is 9.95. The highest BCUT2D eigenvalue weighted by molar-refractivity contribution is 7.08. The van der Waals surface area contributed by atoms with Crippen LogP contribution in [-0.4, -0.2) is 31.7 Å². The Bertz CT molecular complexity index is 947. The minimum absolute atomic E-state index is 0.0220. The second-order valence-electron chi connectivity index (χ2n) is 6.41. The van der Waals surface area contributed by atoms with Crippen LogP contribution in [-0.2, 0) is 11.2 Å². The highest BCUT2D eigenvalue weighted by Crippen LogP contribution is 2.28. The molecule has 0 aromatic carbocycles. The van der Waals surface area contributed by atoms with Gasteiger partial charge in [-0.05, 0) is 24.0 Å². The van der Waals surface area contributed by atoms with Gasteiger partial charge in [-0.25, -0.2) is 9.97 Å². The number of anilines is 1. The molecule has 2 aromatic rings. The molecule has 0 spiro atoms. The van der Waals surface area contributed by atoms with E-state index in [0.717, 1.165) is 28.3 Å². The van der Waals surface area contributed by atoms with Crippen molar-refractivity contribution in [1.82, 2.24) is 14.3 Å². The van der Waals surface area contributed by atoms with Crippen molar-refractivity contribution in [1.29, 1.82) is 0 Å². The minimum Gasteiger partial charge on any atom is -0.310 e. The number of aliphatic imine (C=N–C) groups is 1. The molecule has 132 valence electrons.